The van der Waals surface area contributed by atoms with Gasteiger partial charge in [0.25, 0.3) is 0 Å². The zero-order chi connectivity index (χ0) is 19.1. The van der Waals surface area contributed by atoms with Gasteiger partial charge in [-0.2, -0.15) is 0 Å². The first-order valence-electron chi connectivity index (χ1n) is 9.05. The number of piperazine rings is 1. The second-order valence-corrected chi connectivity index (χ2v) is 6.70. The second kappa shape index (κ2) is 9.46. The summed E-state index contributed by atoms with van der Waals surface area (Å²) in [5, 5.41) is 3.48. The molecule has 2 amide bonds. The predicted molar refractivity (Wildman–Crippen MR) is 105 cm³/mol. The van der Waals surface area contributed by atoms with Crippen LogP contribution in [0.25, 0.3) is 0 Å². The monoisotopic (exact) mass is 391 g/mol. The van der Waals surface area contributed by atoms with Gasteiger partial charge in [0.05, 0.1) is 17.3 Å². The van der Waals surface area contributed by atoms with Gasteiger partial charge in [-0.05, 0) is 30.7 Å². The van der Waals surface area contributed by atoms with Crippen LogP contribution in [0.4, 0.5) is 14.9 Å². The predicted octanol–water partition coefficient (Wildman–Crippen LogP) is 3.78. The van der Waals surface area contributed by atoms with Crippen molar-refractivity contribution < 1.29 is 13.9 Å². The summed E-state index contributed by atoms with van der Waals surface area (Å²) in [6.07, 6.45) is 0.687. The largest absolute Gasteiger partial charge is 0.492 e. The summed E-state index contributed by atoms with van der Waals surface area (Å²) in [5.41, 5.74) is 0.592. The number of halogens is 2. The summed E-state index contributed by atoms with van der Waals surface area (Å²) in [7, 11) is 0. The number of para-hydroxylation sites is 2. The zero-order valence-electron chi connectivity index (χ0n) is 15.0. The molecule has 2 aromatic carbocycles. The van der Waals surface area contributed by atoms with Crippen molar-refractivity contribution in [1.82, 2.24) is 10.2 Å². The van der Waals surface area contributed by atoms with Crippen LogP contribution in [0.1, 0.15) is 6.42 Å². The first-order chi connectivity index (χ1) is 13.1. The van der Waals surface area contributed by atoms with Crippen molar-refractivity contribution in [2.24, 2.45) is 0 Å². The lowest BCUT2D eigenvalue weighted by atomic mass is 10.2. The third kappa shape index (κ3) is 5.26. The average Bonchev–Trinajstić information content (AvgIpc) is 2.69. The maximum atomic E-state index is 13.9. The summed E-state index contributed by atoms with van der Waals surface area (Å²) in [4.78, 5) is 16.0. The summed E-state index contributed by atoms with van der Waals surface area (Å²) in [6.45, 7) is 3.36. The molecule has 0 bridgehead atoms. The number of anilines is 1. The number of nitrogens with one attached hydrogen (secondary N) is 1. The van der Waals surface area contributed by atoms with E-state index in [-0.39, 0.29) is 11.8 Å². The van der Waals surface area contributed by atoms with Crippen molar-refractivity contribution in [1.29, 1.82) is 0 Å². The van der Waals surface area contributed by atoms with E-state index < -0.39 is 0 Å². The molecule has 27 heavy (non-hydrogen) atoms. The molecule has 144 valence electrons. The number of rotatable bonds is 6. The Morgan fingerprint density at radius 3 is 2.52 bits per heavy atom. The van der Waals surface area contributed by atoms with Gasteiger partial charge < -0.3 is 19.9 Å². The molecule has 0 radical (unpaired) electrons. The van der Waals surface area contributed by atoms with E-state index in [1.165, 1.54) is 6.07 Å². The third-order valence-electron chi connectivity index (χ3n) is 4.45. The van der Waals surface area contributed by atoms with Crippen molar-refractivity contribution >= 4 is 23.3 Å². The highest BCUT2D eigenvalue weighted by atomic mass is 35.5. The molecule has 1 aliphatic heterocycles. The van der Waals surface area contributed by atoms with E-state index in [1.807, 2.05) is 29.2 Å². The van der Waals surface area contributed by atoms with E-state index in [1.54, 1.807) is 23.1 Å². The zero-order valence-corrected chi connectivity index (χ0v) is 15.8. The van der Waals surface area contributed by atoms with Gasteiger partial charge in [0.15, 0.2) is 0 Å². The van der Waals surface area contributed by atoms with Crippen LogP contribution in [-0.2, 0) is 0 Å². The van der Waals surface area contributed by atoms with Gasteiger partial charge in [0.1, 0.15) is 11.6 Å². The van der Waals surface area contributed by atoms with Crippen LogP contribution >= 0.6 is 11.6 Å². The molecular weight excluding hydrogens is 369 g/mol. The molecule has 2 aromatic rings. The van der Waals surface area contributed by atoms with E-state index in [2.05, 4.69) is 5.32 Å². The molecule has 5 nitrogen and oxygen atoms in total. The number of nitrogens with zero attached hydrogens (tertiary/aromatic N) is 2. The molecule has 1 heterocycles. The summed E-state index contributed by atoms with van der Waals surface area (Å²) in [6, 6.07) is 13.9. The van der Waals surface area contributed by atoms with Gasteiger partial charge in [-0.3, -0.25) is 0 Å². The van der Waals surface area contributed by atoms with Crippen LogP contribution in [0.5, 0.6) is 5.75 Å². The fraction of sp³-hybridized carbons (Fsp3) is 0.350. The van der Waals surface area contributed by atoms with Crippen molar-refractivity contribution in [3.8, 4) is 5.75 Å². The van der Waals surface area contributed by atoms with Crippen molar-refractivity contribution in [3.63, 3.8) is 0 Å². The van der Waals surface area contributed by atoms with E-state index in [4.69, 9.17) is 16.3 Å². The minimum atomic E-state index is -0.228. The number of hydrogen-bond acceptors (Lipinski definition) is 3. The molecule has 3 rings (SSSR count). The number of hydrogen-bond donors (Lipinski definition) is 1. The molecule has 0 spiro atoms. The highest BCUT2D eigenvalue weighted by molar-refractivity contribution is 6.32. The fourth-order valence-corrected chi connectivity index (χ4v) is 3.17. The van der Waals surface area contributed by atoms with Crippen LogP contribution in [0.15, 0.2) is 48.5 Å². The Kier molecular flexibility index (Phi) is 6.76. The molecule has 1 fully saturated rings. The normalized spacial score (nSPS) is 14.1. The molecule has 0 aliphatic carbocycles. The quantitative estimate of drug-likeness (QED) is 0.762. The Labute approximate surface area is 163 Å². The molecule has 0 unspecified atom stereocenters. The summed E-state index contributed by atoms with van der Waals surface area (Å²) < 4.78 is 19.5. The van der Waals surface area contributed by atoms with Crippen molar-refractivity contribution in [2.45, 2.75) is 6.42 Å². The molecule has 7 heteroatoms. The lowest BCUT2D eigenvalue weighted by Crippen LogP contribution is -2.52. The number of carbonyl (C=O) groups is 1. The van der Waals surface area contributed by atoms with E-state index in [9.17, 15) is 9.18 Å². The highest BCUT2D eigenvalue weighted by Crippen LogP contribution is 2.23. The standard InChI is InChI=1S/C20H23ClFN3O2/c21-16-6-1-4-9-19(16)27-15-5-10-23-20(26)25-13-11-24(12-14-25)18-8-3-2-7-17(18)22/h1-4,6-9H,5,10-15H2,(H,23,26). The second-order valence-electron chi connectivity index (χ2n) is 6.29. The third-order valence-corrected chi connectivity index (χ3v) is 4.76. The number of urea groups is 1. The summed E-state index contributed by atoms with van der Waals surface area (Å²) in [5.74, 6) is 0.420. The van der Waals surface area contributed by atoms with Crippen LogP contribution in [-0.4, -0.2) is 50.3 Å². The summed E-state index contributed by atoms with van der Waals surface area (Å²) >= 11 is 6.03. The number of benzene rings is 2. The van der Waals surface area contributed by atoms with Gasteiger partial charge in [0, 0.05) is 32.7 Å². The molecule has 0 saturated carbocycles. The van der Waals surface area contributed by atoms with E-state index in [0.717, 1.165) is 0 Å². The molecule has 1 saturated heterocycles. The molecule has 1 aliphatic rings. The minimum Gasteiger partial charge on any atom is -0.492 e. The Hall–Kier alpha value is -2.47. The number of ether oxygens (including phenoxy) is 1. The Balaban J connectivity index is 1.35. The number of carbonyl (C=O) groups excluding carboxylic acids is 1. The Morgan fingerprint density at radius 1 is 1.07 bits per heavy atom. The van der Waals surface area contributed by atoms with Crippen LogP contribution in [0.2, 0.25) is 5.02 Å². The Morgan fingerprint density at radius 2 is 1.78 bits per heavy atom. The molecule has 0 aromatic heterocycles. The molecular formula is C20H23ClFN3O2. The fourth-order valence-electron chi connectivity index (χ4n) is 2.98. The number of amides is 2. The SMILES string of the molecule is O=C(NCCCOc1ccccc1Cl)N1CCN(c2ccccc2F)CC1. The van der Waals surface area contributed by atoms with Gasteiger partial charge in [0.2, 0.25) is 0 Å². The lowest BCUT2D eigenvalue weighted by Gasteiger charge is -2.36. The smallest absolute Gasteiger partial charge is 0.317 e. The Bertz CT molecular complexity index is 766. The van der Waals surface area contributed by atoms with Gasteiger partial charge in [-0.1, -0.05) is 35.9 Å². The lowest BCUT2D eigenvalue weighted by molar-refractivity contribution is 0.193. The minimum absolute atomic E-state index is 0.0964. The average molecular weight is 392 g/mol. The topological polar surface area (TPSA) is 44.8 Å². The molecule has 1 N–H and O–H groups in total. The van der Waals surface area contributed by atoms with E-state index in [0.29, 0.717) is 62.2 Å². The van der Waals surface area contributed by atoms with Gasteiger partial charge in [-0.25, -0.2) is 9.18 Å². The first-order valence-corrected chi connectivity index (χ1v) is 9.42. The van der Waals surface area contributed by atoms with Crippen LogP contribution in [0, 0.1) is 5.82 Å². The molecule has 0 atom stereocenters. The first kappa shape index (κ1) is 19.3. The van der Waals surface area contributed by atoms with Crippen molar-refractivity contribution in [2.75, 3.05) is 44.2 Å². The van der Waals surface area contributed by atoms with Crippen molar-refractivity contribution in [3.05, 3.63) is 59.4 Å². The maximum Gasteiger partial charge on any atom is 0.317 e. The van der Waals surface area contributed by atoms with Gasteiger partial charge >= 0.3 is 6.03 Å². The van der Waals surface area contributed by atoms with Gasteiger partial charge in [-0.15, -0.1) is 0 Å². The van der Waals surface area contributed by atoms with E-state index >= 15 is 0 Å². The van der Waals surface area contributed by atoms with Crippen LogP contribution < -0.4 is 15.0 Å². The van der Waals surface area contributed by atoms with Crippen LogP contribution in [0.3, 0.4) is 0 Å². The maximum absolute atomic E-state index is 13.9. The highest BCUT2D eigenvalue weighted by Gasteiger charge is 2.22.